The van der Waals surface area contributed by atoms with Gasteiger partial charge in [0.2, 0.25) is 17.6 Å². The van der Waals surface area contributed by atoms with Crippen molar-refractivity contribution in [3.8, 4) is 11.4 Å². The van der Waals surface area contributed by atoms with E-state index in [4.69, 9.17) is 16.1 Å². The minimum atomic E-state index is -0.486. The van der Waals surface area contributed by atoms with E-state index in [2.05, 4.69) is 20.2 Å². The summed E-state index contributed by atoms with van der Waals surface area (Å²) in [6.45, 7) is 0. The lowest BCUT2D eigenvalue weighted by Gasteiger charge is -2.04. The van der Waals surface area contributed by atoms with Crippen LogP contribution in [-0.2, 0) is 16.0 Å². The number of thiophene rings is 1. The van der Waals surface area contributed by atoms with Crippen LogP contribution in [0.3, 0.4) is 0 Å². The summed E-state index contributed by atoms with van der Waals surface area (Å²) < 4.78 is 9.85. The number of rotatable bonds is 6. The van der Waals surface area contributed by atoms with E-state index < -0.39 is 5.97 Å². The number of amides is 1. The van der Waals surface area contributed by atoms with Crippen LogP contribution in [0, 0.1) is 0 Å². The number of methoxy groups -OCH3 is 1. The number of nitrogens with one attached hydrogen (secondary N) is 1. The van der Waals surface area contributed by atoms with E-state index in [0.717, 1.165) is 5.56 Å². The number of aryl methyl sites for hydroxylation is 1. The molecule has 1 N–H and O–H groups in total. The second-order valence-corrected chi connectivity index (χ2v) is 6.57. The molecule has 26 heavy (non-hydrogen) atoms. The van der Waals surface area contributed by atoms with Crippen LogP contribution >= 0.6 is 22.9 Å². The lowest BCUT2D eigenvalue weighted by molar-refractivity contribution is -0.116. The normalized spacial score (nSPS) is 10.5. The van der Waals surface area contributed by atoms with E-state index >= 15 is 0 Å². The maximum atomic E-state index is 12.1. The molecule has 7 nitrogen and oxygen atoms in total. The van der Waals surface area contributed by atoms with Gasteiger partial charge in [-0.1, -0.05) is 16.8 Å². The van der Waals surface area contributed by atoms with Crippen molar-refractivity contribution in [1.29, 1.82) is 0 Å². The highest BCUT2D eigenvalue weighted by atomic mass is 35.5. The number of aromatic nitrogens is 2. The summed E-state index contributed by atoms with van der Waals surface area (Å²) in [5, 5.41) is 8.91. The van der Waals surface area contributed by atoms with Gasteiger partial charge in [-0.2, -0.15) is 4.98 Å². The van der Waals surface area contributed by atoms with Gasteiger partial charge in [-0.3, -0.25) is 4.79 Å². The summed E-state index contributed by atoms with van der Waals surface area (Å²) in [7, 11) is 1.29. The molecule has 9 heteroatoms. The van der Waals surface area contributed by atoms with Gasteiger partial charge in [-0.05, 0) is 35.7 Å². The smallest absolute Gasteiger partial charge is 0.350 e. The van der Waals surface area contributed by atoms with Crippen LogP contribution in [0.4, 0.5) is 5.69 Å². The third kappa shape index (κ3) is 4.27. The van der Waals surface area contributed by atoms with Gasteiger partial charge < -0.3 is 14.6 Å². The minimum Gasteiger partial charge on any atom is -0.465 e. The molecule has 3 rings (SSSR count). The number of hydrogen-bond donors (Lipinski definition) is 1. The number of carbonyl (C=O) groups excluding carboxylic acids is 2. The van der Waals surface area contributed by atoms with Gasteiger partial charge in [0.25, 0.3) is 0 Å². The average molecular weight is 392 g/mol. The van der Waals surface area contributed by atoms with Gasteiger partial charge in [0, 0.05) is 23.4 Å². The maximum Gasteiger partial charge on any atom is 0.350 e. The standard InChI is InChI=1S/C17H14ClN3O4S/c1-24-17(23)15-12(8-9-26-15)19-13(22)6-7-14-20-16(21-25-14)10-2-4-11(18)5-3-10/h2-5,8-9H,6-7H2,1H3,(H,19,22). The van der Waals surface area contributed by atoms with Gasteiger partial charge in [0.15, 0.2) is 0 Å². The molecule has 2 aromatic heterocycles. The summed E-state index contributed by atoms with van der Waals surface area (Å²) in [6.07, 6.45) is 0.419. The molecule has 1 aromatic carbocycles. The number of carbonyl (C=O) groups is 2. The fraction of sp³-hybridized carbons (Fsp3) is 0.176. The Labute approximate surface area is 157 Å². The molecule has 0 bridgehead atoms. The number of benzene rings is 1. The van der Waals surface area contributed by atoms with Crippen molar-refractivity contribution in [2.45, 2.75) is 12.8 Å². The maximum absolute atomic E-state index is 12.1. The predicted octanol–water partition coefficient (Wildman–Crippen LogP) is 3.81. The molecule has 0 aliphatic heterocycles. The van der Waals surface area contributed by atoms with E-state index in [1.165, 1.54) is 18.4 Å². The summed E-state index contributed by atoms with van der Waals surface area (Å²) in [4.78, 5) is 28.3. The first-order chi connectivity index (χ1) is 12.6. The van der Waals surface area contributed by atoms with Crippen LogP contribution in [0.2, 0.25) is 5.02 Å². The SMILES string of the molecule is COC(=O)c1sccc1NC(=O)CCc1nc(-c2ccc(Cl)cc2)no1. The quantitative estimate of drug-likeness (QED) is 0.642. The molecule has 1 amide bonds. The molecule has 0 aliphatic rings. The number of ether oxygens (including phenoxy) is 1. The van der Waals surface area contributed by atoms with E-state index in [9.17, 15) is 9.59 Å². The number of nitrogens with zero attached hydrogens (tertiary/aromatic N) is 2. The Hall–Kier alpha value is -2.71. The van der Waals surface area contributed by atoms with Crippen molar-refractivity contribution in [3.05, 3.63) is 51.5 Å². The van der Waals surface area contributed by atoms with E-state index in [-0.39, 0.29) is 18.7 Å². The Morgan fingerprint density at radius 3 is 2.77 bits per heavy atom. The molecule has 0 spiro atoms. The number of esters is 1. The molecule has 2 heterocycles. The first kappa shape index (κ1) is 18.1. The summed E-state index contributed by atoms with van der Waals surface area (Å²) in [5.74, 6) is 0.0334. The van der Waals surface area contributed by atoms with Gasteiger partial charge in [-0.15, -0.1) is 11.3 Å². The highest BCUT2D eigenvalue weighted by molar-refractivity contribution is 7.12. The molecule has 3 aromatic rings. The average Bonchev–Trinajstić information content (AvgIpc) is 3.29. The van der Waals surface area contributed by atoms with Crippen LogP contribution in [0.15, 0.2) is 40.2 Å². The fourth-order valence-corrected chi connectivity index (χ4v) is 3.06. The Kier molecular flexibility index (Phi) is 5.65. The second kappa shape index (κ2) is 8.11. The third-order valence-corrected chi connectivity index (χ3v) is 4.59. The molecular weight excluding hydrogens is 378 g/mol. The monoisotopic (exact) mass is 391 g/mol. The van der Waals surface area contributed by atoms with E-state index in [1.807, 2.05) is 0 Å². The topological polar surface area (TPSA) is 94.3 Å². The lowest BCUT2D eigenvalue weighted by Crippen LogP contribution is -2.14. The molecule has 0 saturated heterocycles. The second-order valence-electron chi connectivity index (χ2n) is 5.22. The van der Waals surface area contributed by atoms with Crippen LogP contribution < -0.4 is 5.32 Å². The third-order valence-electron chi connectivity index (χ3n) is 3.45. The number of hydrogen-bond acceptors (Lipinski definition) is 7. The lowest BCUT2D eigenvalue weighted by atomic mass is 10.2. The Bertz CT molecular complexity index is 920. The molecule has 0 aliphatic carbocycles. The van der Waals surface area contributed by atoms with Gasteiger partial charge >= 0.3 is 5.97 Å². The fourth-order valence-electron chi connectivity index (χ4n) is 2.16. The van der Waals surface area contributed by atoms with Crippen LogP contribution in [0.25, 0.3) is 11.4 Å². The van der Waals surface area contributed by atoms with Crippen molar-refractivity contribution >= 4 is 40.5 Å². The van der Waals surface area contributed by atoms with E-state index in [0.29, 0.717) is 27.3 Å². The first-order valence-corrected chi connectivity index (χ1v) is 8.87. The highest BCUT2D eigenvalue weighted by Crippen LogP contribution is 2.23. The largest absolute Gasteiger partial charge is 0.465 e. The van der Waals surface area contributed by atoms with Crippen molar-refractivity contribution in [2.75, 3.05) is 12.4 Å². The predicted molar refractivity (Wildman–Crippen MR) is 97.4 cm³/mol. The molecule has 0 fully saturated rings. The Morgan fingerprint density at radius 1 is 1.27 bits per heavy atom. The van der Waals surface area contributed by atoms with Gasteiger partial charge in [0.05, 0.1) is 12.8 Å². The molecule has 0 saturated carbocycles. The Balaban J connectivity index is 1.58. The van der Waals surface area contributed by atoms with Crippen molar-refractivity contribution in [3.63, 3.8) is 0 Å². The Morgan fingerprint density at radius 2 is 2.04 bits per heavy atom. The van der Waals surface area contributed by atoms with Crippen molar-refractivity contribution < 1.29 is 18.8 Å². The van der Waals surface area contributed by atoms with Gasteiger partial charge in [0.1, 0.15) is 4.88 Å². The van der Waals surface area contributed by atoms with Crippen molar-refractivity contribution in [1.82, 2.24) is 10.1 Å². The van der Waals surface area contributed by atoms with Crippen LogP contribution in [-0.4, -0.2) is 29.1 Å². The number of anilines is 1. The molecule has 0 atom stereocenters. The molecular formula is C17H14ClN3O4S. The van der Waals surface area contributed by atoms with Gasteiger partial charge in [-0.25, -0.2) is 4.79 Å². The molecule has 134 valence electrons. The zero-order valence-corrected chi connectivity index (χ0v) is 15.3. The summed E-state index contributed by atoms with van der Waals surface area (Å²) in [5.41, 5.74) is 1.20. The van der Waals surface area contributed by atoms with Crippen LogP contribution in [0.1, 0.15) is 22.0 Å². The van der Waals surface area contributed by atoms with E-state index in [1.54, 1.807) is 35.7 Å². The zero-order chi connectivity index (χ0) is 18.5. The van der Waals surface area contributed by atoms with Crippen molar-refractivity contribution in [2.24, 2.45) is 0 Å². The minimum absolute atomic E-state index is 0.138. The van der Waals surface area contributed by atoms with Crippen LogP contribution in [0.5, 0.6) is 0 Å². The molecule has 0 radical (unpaired) electrons. The molecule has 0 unspecified atom stereocenters. The summed E-state index contributed by atoms with van der Waals surface area (Å²) >= 11 is 7.05. The highest BCUT2D eigenvalue weighted by Gasteiger charge is 2.16. The number of halogens is 1. The zero-order valence-electron chi connectivity index (χ0n) is 13.7. The first-order valence-electron chi connectivity index (χ1n) is 7.61. The summed E-state index contributed by atoms with van der Waals surface area (Å²) in [6, 6.07) is 8.70.